The van der Waals surface area contributed by atoms with Crippen LogP contribution in [0.4, 0.5) is 0 Å². The normalized spacial score (nSPS) is 10.9. The van der Waals surface area contributed by atoms with E-state index in [0.29, 0.717) is 10.7 Å². The van der Waals surface area contributed by atoms with Gasteiger partial charge in [0.1, 0.15) is 5.15 Å². The fraction of sp³-hybridized carbons (Fsp3) is 0.250. The average molecular weight is 222 g/mol. The van der Waals surface area contributed by atoms with Crippen LogP contribution in [-0.2, 0) is 6.61 Å². The van der Waals surface area contributed by atoms with Crippen molar-refractivity contribution >= 4 is 22.5 Å². The number of aryl methyl sites for hydroxylation is 2. The van der Waals surface area contributed by atoms with Gasteiger partial charge in [0, 0.05) is 10.9 Å². The summed E-state index contributed by atoms with van der Waals surface area (Å²) in [6, 6.07) is 5.96. The number of fused-ring (bicyclic) bond motifs is 1. The van der Waals surface area contributed by atoms with Crippen molar-refractivity contribution < 1.29 is 5.11 Å². The summed E-state index contributed by atoms with van der Waals surface area (Å²) in [6.45, 7) is 4.03. The van der Waals surface area contributed by atoms with Crippen LogP contribution in [0, 0.1) is 13.8 Å². The Balaban J connectivity index is 2.76. The van der Waals surface area contributed by atoms with E-state index in [1.807, 2.05) is 19.1 Å². The van der Waals surface area contributed by atoms with E-state index in [4.69, 9.17) is 16.7 Å². The highest BCUT2D eigenvalue weighted by molar-refractivity contribution is 6.30. The standard InChI is InChI=1S/C12H12ClNO/c1-7-3-9-5-10(6-15)12(13)14-11(9)4-8(7)2/h3-5,15H,6H2,1-2H3. The van der Waals surface area contributed by atoms with E-state index in [0.717, 1.165) is 10.9 Å². The first-order valence-electron chi connectivity index (χ1n) is 4.79. The second-order valence-electron chi connectivity index (χ2n) is 3.73. The molecular formula is C12H12ClNO. The summed E-state index contributed by atoms with van der Waals surface area (Å²) in [6.07, 6.45) is 0. The molecule has 0 amide bonds. The lowest BCUT2D eigenvalue weighted by Crippen LogP contribution is -1.91. The molecule has 3 heteroatoms. The summed E-state index contributed by atoms with van der Waals surface area (Å²) < 4.78 is 0. The van der Waals surface area contributed by atoms with Crippen LogP contribution in [0.15, 0.2) is 18.2 Å². The Morgan fingerprint density at radius 3 is 2.53 bits per heavy atom. The smallest absolute Gasteiger partial charge is 0.135 e. The third-order valence-electron chi connectivity index (χ3n) is 2.63. The Kier molecular flexibility index (Phi) is 2.63. The largest absolute Gasteiger partial charge is 0.392 e. The summed E-state index contributed by atoms with van der Waals surface area (Å²) in [4.78, 5) is 4.25. The summed E-state index contributed by atoms with van der Waals surface area (Å²) in [7, 11) is 0. The minimum absolute atomic E-state index is 0.0747. The van der Waals surface area contributed by atoms with E-state index in [2.05, 4.69) is 18.0 Å². The second kappa shape index (κ2) is 3.80. The Morgan fingerprint density at radius 1 is 1.20 bits per heavy atom. The predicted octanol–water partition coefficient (Wildman–Crippen LogP) is 3.00. The lowest BCUT2D eigenvalue weighted by atomic mass is 10.1. The Labute approximate surface area is 93.5 Å². The van der Waals surface area contributed by atoms with Crippen LogP contribution >= 0.6 is 11.6 Å². The molecule has 2 nitrogen and oxygen atoms in total. The monoisotopic (exact) mass is 221 g/mol. The van der Waals surface area contributed by atoms with Crippen molar-refractivity contribution in [1.82, 2.24) is 4.98 Å². The van der Waals surface area contributed by atoms with Gasteiger partial charge in [-0.15, -0.1) is 0 Å². The van der Waals surface area contributed by atoms with Gasteiger partial charge < -0.3 is 5.11 Å². The fourth-order valence-corrected chi connectivity index (χ4v) is 1.78. The second-order valence-corrected chi connectivity index (χ2v) is 4.08. The number of hydrogen-bond acceptors (Lipinski definition) is 2. The summed E-state index contributed by atoms with van der Waals surface area (Å²) in [5.74, 6) is 0. The Morgan fingerprint density at radius 2 is 1.87 bits per heavy atom. The molecule has 1 N–H and O–H groups in total. The van der Waals surface area contributed by atoms with Gasteiger partial charge in [0.15, 0.2) is 0 Å². The van der Waals surface area contributed by atoms with Crippen molar-refractivity contribution in [1.29, 1.82) is 0 Å². The molecule has 1 aromatic heterocycles. The number of pyridine rings is 1. The van der Waals surface area contributed by atoms with Crippen molar-refractivity contribution in [3.63, 3.8) is 0 Å². The van der Waals surface area contributed by atoms with Crippen LogP contribution in [0.5, 0.6) is 0 Å². The average Bonchev–Trinajstić information content (AvgIpc) is 2.20. The van der Waals surface area contributed by atoms with Gasteiger partial charge in [-0.25, -0.2) is 4.98 Å². The molecule has 0 fully saturated rings. The van der Waals surface area contributed by atoms with Gasteiger partial charge in [-0.3, -0.25) is 0 Å². The summed E-state index contributed by atoms with van der Waals surface area (Å²) in [5.41, 5.74) is 3.96. The topological polar surface area (TPSA) is 33.1 Å². The minimum atomic E-state index is -0.0747. The molecule has 2 rings (SSSR count). The molecule has 0 aliphatic heterocycles. The summed E-state index contributed by atoms with van der Waals surface area (Å²) in [5, 5.41) is 10.5. The van der Waals surface area contributed by atoms with Crippen LogP contribution in [-0.4, -0.2) is 10.1 Å². The number of hydrogen-bond donors (Lipinski definition) is 1. The van der Waals surface area contributed by atoms with Gasteiger partial charge >= 0.3 is 0 Å². The lowest BCUT2D eigenvalue weighted by Gasteiger charge is -2.06. The highest BCUT2D eigenvalue weighted by atomic mass is 35.5. The van der Waals surface area contributed by atoms with Crippen LogP contribution in [0.2, 0.25) is 5.15 Å². The minimum Gasteiger partial charge on any atom is -0.392 e. The van der Waals surface area contributed by atoms with Crippen molar-refractivity contribution in [3.05, 3.63) is 40.0 Å². The molecule has 0 aliphatic carbocycles. The van der Waals surface area contributed by atoms with Gasteiger partial charge in [-0.1, -0.05) is 11.6 Å². The number of benzene rings is 1. The molecule has 2 aromatic rings. The number of nitrogens with zero attached hydrogens (tertiary/aromatic N) is 1. The van der Waals surface area contributed by atoms with Crippen LogP contribution in [0.25, 0.3) is 10.9 Å². The van der Waals surface area contributed by atoms with Crippen molar-refractivity contribution in [2.45, 2.75) is 20.5 Å². The molecule has 0 spiro atoms. The van der Waals surface area contributed by atoms with E-state index in [1.165, 1.54) is 11.1 Å². The Hall–Kier alpha value is -1.12. The van der Waals surface area contributed by atoms with Crippen molar-refractivity contribution in [3.8, 4) is 0 Å². The van der Waals surface area contributed by atoms with Gasteiger partial charge in [-0.05, 0) is 43.2 Å². The molecule has 0 radical (unpaired) electrons. The molecule has 1 aromatic carbocycles. The van der Waals surface area contributed by atoms with Crippen molar-refractivity contribution in [2.75, 3.05) is 0 Å². The Bertz CT molecular complexity index is 523. The number of aliphatic hydroxyl groups excluding tert-OH is 1. The zero-order valence-corrected chi connectivity index (χ0v) is 9.47. The molecule has 15 heavy (non-hydrogen) atoms. The number of aliphatic hydroxyl groups is 1. The molecule has 0 atom stereocenters. The van der Waals surface area contributed by atoms with E-state index in [-0.39, 0.29) is 6.61 Å². The maximum atomic E-state index is 9.08. The third kappa shape index (κ3) is 1.83. The number of aromatic nitrogens is 1. The summed E-state index contributed by atoms with van der Waals surface area (Å²) >= 11 is 5.92. The zero-order valence-electron chi connectivity index (χ0n) is 8.71. The molecule has 78 valence electrons. The van der Waals surface area contributed by atoms with E-state index < -0.39 is 0 Å². The maximum Gasteiger partial charge on any atom is 0.135 e. The van der Waals surface area contributed by atoms with Crippen LogP contribution < -0.4 is 0 Å². The first-order chi connectivity index (χ1) is 7.11. The van der Waals surface area contributed by atoms with E-state index in [1.54, 1.807) is 0 Å². The fourth-order valence-electron chi connectivity index (χ4n) is 1.57. The van der Waals surface area contributed by atoms with Crippen molar-refractivity contribution in [2.24, 2.45) is 0 Å². The van der Waals surface area contributed by atoms with Crippen LogP contribution in [0.1, 0.15) is 16.7 Å². The number of halogens is 1. The maximum absolute atomic E-state index is 9.08. The zero-order chi connectivity index (χ0) is 11.0. The highest BCUT2D eigenvalue weighted by Gasteiger charge is 2.05. The van der Waals surface area contributed by atoms with E-state index >= 15 is 0 Å². The van der Waals surface area contributed by atoms with Gasteiger partial charge in [0.2, 0.25) is 0 Å². The van der Waals surface area contributed by atoms with Gasteiger partial charge in [0.25, 0.3) is 0 Å². The third-order valence-corrected chi connectivity index (χ3v) is 2.95. The molecule has 0 unspecified atom stereocenters. The lowest BCUT2D eigenvalue weighted by molar-refractivity contribution is 0.281. The molecule has 0 saturated heterocycles. The van der Waals surface area contributed by atoms with Crippen LogP contribution in [0.3, 0.4) is 0 Å². The van der Waals surface area contributed by atoms with Gasteiger partial charge in [0.05, 0.1) is 12.1 Å². The molecular weight excluding hydrogens is 210 g/mol. The SMILES string of the molecule is Cc1cc2cc(CO)c(Cl)nc2cc1C. The highest BCUT2D eigenvalue weighted by Crippen LogP contribution is 2.23. The molecule has 0 aliphatic rings. The number of rotatable bonds is 1. The molecule has 0 bridgehead atoms. The first kappa shape index (κ1) is 10.4. The van der Waals surface area contributed by atoms with Gasteiger partial charge in [-0.2, -0.15) is 0 Å². The molecule has 1 heterocycles. The quantitative estimate of drug-likeness (QED) is 0.751. The molecule has 0 saturated carbocycles. The van der Waals surface area contributed by atoms with E-state index in [9.17, 15) is 0 Å². The predicted molar refractivity (Wildman–Crippen MR) is 62.1 cm³/mol. The first-order valence-corrected chi connectivity index (χ1v) is 5.17.